The second-order valence-corrected chi connectivity index (χ2v) is 6.57. The van der Waals surface area contributed by atoms with Crippen molar-refractivity contribution in [3.8, 4) is 11.1 Å². The van der Waals surface area contributed by atoms with E-state index in [1.807, 2.05) is 48.7 Å². The van der Waals surface area contributed by atoms with Gasteiger partial charge in [0.1, 0.15) is 5.82 Å². The largest absolute Gasteiger partial charge is 0.478 e. The van der Waals surface area contributed by atoms with Gasteiger partial charge in [-0.1, -0.05) is 42.5 Å². The molecule has 0 bridgehead atoms. The maximum atomic E-state index is 11.5. The molecule has 0 amide bonds. The number of carboxylic acids is 1. The number of hydrogen-bond acceptors (Lipinski definition) is 4. The highest BCUT2D eigenvalue weighted by Crippen LogP contribution is 2.33. The summed E-state index contributed by atoms with van der Waals surface area (Å²) in [6.45, 7) is 3.34. The van der Waals surface area contributed by atoms with Crippen LogP contribution in [0.3, 0.4) is 0 Å². The molecule has 5 heteroatoms. The van der Waals surface area contributed by atoms with Crippen LogP contribution in [0.4, 0.5) is 11.5 Å². The van der Waals surface area contributed by atoms with E-state index in [-0.39, 0.29) is 0 Å². The van der Waals surface area contributed by atoms with Gasteiger partial charge in [0.15, 0.2) is 0 Å². The number of rotatable bonds is 4. The molecule has 0 saturated carbocycles. The van der Waals surface area contributed by atoms with Crippen LogP contribution >= 0.6 is 0 Å². The maximum Gasteiger partial charge on any atom is 0.335 e. The van der Waals surface area contributed by atoms with Gasteiger partial charge in [-0.15, -0.1) is 0 Å². The van der Waals surface area contributed by atoms with Crippen LogP contribution in [0.2, 0.25) is 0 Å². The Morgan fingerprint density at radius 2 is 1.56 bits per heavy atom. The maximum absolute atomic E-state index is 11.5. The Labute approximate surface area is 158 Å². The van der Waals surface area contributed by atoms with Crippen LogP contribution in [-0.4, -0.2) is 42.2 Å². The second kappa shape index (κ2) is 7.50. The van der Waals surface area contributed by atoms with Crippen molar-refractivity contribution in [2.24, 2.45) is 0 Å². The molecule has 1 aromatic heterocycles. The molecular formula is C22H21N3O2. The Kier molecular flexibility index (Phi) is 4.75. The van der Waals surface area contributed by atoms with Crippen LogP contribution in [-0.2, 0) is 0 Å². The number of aromatic carboxylic acids is 1. The lowest BCUT2D eigenvalue weighted by molar-refractivity contribution is 0.0697. The minimum absolute atomic E-state index is 0.317. The predicted molar refractivity (Wildman–Crippen MR) is 108 cm³/mol. The summed E-state index contributed by atoms with van der Waals surface area (Å²) in [6.07, 6.45) is 1.81. The van der Waals surface area contributed by atoms with Crippen molar-refractivity contribution in [2.75, 3.05) is 36.0 Å². The van der Waals surface area contributed by atoms with E-state index in [0.29, 0.717) is 5.56 Å². The Hall–Kier alpha value is -3.34. The van der Waals surface area contributed by atoms with Gasteiger partial charge in [0.2, 0.25) is 0 Å². The predicted octanol–water partition coefficient (Wildman–Crippen LogP) is 3.77. The summed E-state index contributed by atoms with van der Waals surface area (Å²) in [7, 11) is 0. The van der Waals surface area contributed by atoms with Crippen molar-refractivity contribution in [2.45, 2.75) is 0 Å². The fourth-order valence-corrected chi connectivity index (χ4v) is 3.51. The van der Waals surface area contributed by atoms with Crippen molar-refractivity contribution in [3.05, 3.63) is 78.5 Å². The molecule has 4 rings (SSSR count). The smallest absolute Gasteiger partial charge is 0.335 e. The fraction of sp³-hybridized carbons (Fsp3) is 0.182. The summed E-state index contributed by atoms with van der Waals surface area (Å²) in [5.74, 6) is 0.0858. The van der Waals surface area contributed by atoms with Crippen LogP contribution in [0.5, 0.6) is 0 Å². The van der Waals surface area contributed by atoms with Crippen LogP contribution in [0, 0.1) is 0 Å². The third-order valence-corrected chi connectivity index (χ3v) is 4.92. The first-order chi connectivity index (χ1) is 13.2. The highest BCUT2D eigenvalue weighted by Gasteiger charge is 2.21. The van der Waals surface area contributed by atoms with Crippen molar-refractivity contribution < 1.29 is 9.90 Å². The Morgan fingerprint density at radius 3 is 2.22 bits per heavy atom. The van der Waals surface area contributed by atoms with Gasteiger partial charge in [-0.3, -0.25) is 0 Å². The van der Waals surface area contributed by atoms with Gasteiger partial charge >= 0.3 is 5.97 Å². The molecule has 1 aliphatic heterocycles. The highest BCUT2D eigenvalue weighted by atomic mass is 16.4. The minimum Gasteiger partial charge on any atom is -0.478 e. The summed E-state index contributed by atoms with van der Waals surface area (Å²) in [6, 6.07) is 21.4. The molecule has 1 aliphatic rings. The second-order valence-electron chi connectivity index (χ2n) is 6.57. The lowest BCUT2D eigenvalue weighted by Gasteiger charge is -2.37. The molecule has 27 heavy (non-hydrogen) atoms. The molecule has 1 N–H and O–H groups in total. The summed E-state index contributed by atoms with van der Waals surface area (Å²) in [5, 5.41) is 9.42. The number of hydrogen-bond donors (Lipinski definition) is 1. The molecule has 3 aromatic rings. The Bertz CT molecular complexity index is 921. The standard InChI is InChI=1S/C22H21N3O2/c26-22(27)18-9-10-19(17-6-2-1-3-7-17)20(16-18)24-12-14-25(15-13-24)21-8-4-5-11-23-21/h1-11,16H,12-15H2,(H,26,27). The van der Waals surface area contributed by atoms with E-state index >= 15 is 0 Å². The van der Waals surface area contributed by atoms with Crippen molar-refractivity contribution in [1.82, 2.24) is 4.98 Å². The van der Waals surface area contributed by atoms with Crippen LogP contribution in [0.15, 0.2) is 72.9 Å². The number of aromatic nitrogens is 1. The number of benzene rings is 2. The molecule has 1 saturated heterocycles. The van der Waals surface area contributed by atoms with Gasteiger partial charge in [0.05, 0.1) is 5.56 Å². The van der Waals surface area contributed by atoms with Gasteiger partial charge in [-0.05, 0) is 29.8 Å². The first kappa shape index (κ1) is 17.1. The van der Waals surface area contributed by atoms with E-state index in [2.05, 4.69) is 26.9 Å². The number of anilines is 2. The molecule has 0 atom stereocenters. The molecule has 0 unspecified atom stereocenters. The fourth-order valence-electron chi connectivity index (χ4n) is 3.51. The van der Waals surface area contributed by atoms with E-state index in [1.165, 1.54) is 0 Å². The molecule has 0 radical (unpaired) electrons. The van der Waals surface area contributed by atoms with E-state index in [0.717, 1.165) is 48.8 Å². The lowest BCUT2D eigenvalue weighted by atomic mass is 10.00. The van der Waals surface area contributed by atoms with E-state index < -0.39 is 5.97 Å². The average molecular weight is 359 g/mol. The molecule has 0 aliphatic carbocycles. The number of carbonyl (C=O) groups is 1. The summed E-state index contributed by atoms with van der Waals surface area (Å²) in [4.78, 5) is 20.5. The van der Waals surface area contributed by atoms with Gasteiger partial charge in [0, 0.05) is 43.6 Å². The van der Waals surface area contributed by atoms with Crippen LogP contribution < -0.4 is 9.80 Å². The van der Waals surface area contributed by atoms with Crippen LogP contribution in [0.25, 0.3) is 11.1 Å². The van der Waals surface area contributed by atoms with Crippen molar-refractivity contribution >= 4 is 17.5 Å². The zero-order chi connectivity index (χ0) is 18.6. The van der Waals surface area contributed by atoms with Crippen LogP contribution in [0.1, 0.15) is 10.4 Å². The normalized spacial score (nSPS) is 14.2. The zero-order valence-corrected chi connectivity index (χ0v) is 15.0. The Balaban J connectivity index is 1.63. The highest BCUT2D eigenvalue weighted by molar-refractivity contribution is 5.92. The van der Waals surface area contributed by atoms with Gasteiger partial charge in [-0.2, -0.15) is 0 Å². The number of pyridine rings is 1. The molecule has 1 fully saturated rings. The average Bonchev–Trinajstić information content (AvgIpc) is 2.75. The first-order valence-electron chi connectivity index (χ1n) is 9.06. The SMILES string of the molecule is O=C(O)c1ccc(-c2ccccc2)c(N2CCN(c3ccccn3)CC2)c1. The summed E-state index contributed by atoms with van der Waals surface area (Å²) in [5.41, 5.74) is 3.45. The first-order valence-corrected chi connectivity index (χ1v) is 9.06. The Morgan fingerprint density at radius 1 is 0.852 bits per heavy atom. The molecule has 0 spiro atoms. The summed E-state index contributed by atoms with van der Waals surface area (Å²) >= 11 is 0. The molecule has 2 aromatic carbocycles. The summed E-state index contributed by atoms with van der Waals surface area (Å²) < 4.78 is 0. The van der Waals surface area contributed by atoms with Gasteiger partial charge in [-0.25, -0.2) is 9.78 Å². The third-order valence-electron chi connectivity index (χ3n) is 4.92. The topological polar surface area (TPSA) is 56.7 Å². The van der Waals surface area contributed by atoms with Crippen molar-refractivity contribution in [3.63, 3.8) is 0 Å². The lowest BCUT2D eigenvalue weighted by Crippen LogP contribution is -2.47. The minimum atomic E-state index is -0.900. The zero-order valence-electron chi connectivity index (χ0n) is 15.0. The molecule has 5 nitrogen and oxygen atoms in total. The molecular weight excluding hydrogens is 338 g/mol. The quantitative estimate of drug-likeness (QED) is 0.768. The monoisotopic (exact) mass is 359 g/mol. The number of carboxylic acid groups (broad SMARTS) is 1. The molecule has 2 heterocycles. The van der Waals surface area contributed by atoms with Crippen molar-refractivity contribution in [1.29, 1.82) is 0 Å². The van der Waals surface area contributed by atoms with E-state index in [1.54, 1.807) is 12.1 Å². The van der Waals surface area contributed by atoms with Gasteiger partial charge < -0.3 is 14.9 Å². The van der Waals surface area contributed by atoms with E-state index in [4.69, 9.17) is 0 Å². The molecule has 136 valence electrons. The van der Waals surface area contributed by atoms with E-state index in [9.17, 15) is 9.90 Å². The number of piperazine rings is 1. The third kappa shape index (κ3) is 3.62. The number of nitrogens with zero attached hydrogens (tertiary/aromatic N) is 3. The van der Waals surface area contributed by atoms with Gasteiger partial charge in [0.25, 0.3) is 0 Å².